The molecule has 0 aliphatic rings. The normalized spacial score (nSPS) is 9.96. The highest BCUT2D eigenvalue weighted by Gasteiger charge is 2.15. The van der Waals surface area contributed by atoms with Gasteiger partial charge in [-0.15, -0.1) is 0 Å². The van der Waals surface area contributed by atoms with Crippen molar-refractivity contribution in [1.29, 1.82) is 0 Å². The minimum Gasteiger partial charge on any atom is -0.326 e. The van der Waals surface area contributed by atoms with Crippen LogP contribution in [0.4, 0.5) is 17.1 Å². The van der Waals surface area contributed by atoms with Crippen LogP contribution in [0.3, 0.4) is 0 Å². The molecule has 0 fully saturated rings. The Kier molecular flexibility index (Phi) is 5.31. The third-order valence-corrected chi connectivity index (χ3v) is 3.29. The lowest BCUT2D eigenvalue weighted by Crippen LogP contribution is -2.29. The summed E-state index contributed by atoms with van der Waals surface area (Å²) in [5.41, 5.74) is 3.41. The summed E-state index contributed by atoms with van der Waals surface area (Å²) < 4.78 is 0. The largest absolute Gasteiger partial charge is 0.326 e. The first-order valence-electron chi connectivity index (χ1n) is 7.42. The van der Waals surface area contributed by atoms with Gasteiger partial charge in [-0.2, -0.15) is 0 Å². The molecule has 0 saturated carbocycles. The number of hydrogen-bond donors (Lipinski definition) is 3. The number of rotatable bonds is 3. The monoisotopic (exact) mass is 325 g/mol. The third-order valence-electron chi connectivity index (χ3n) is 3.29. The van der Waals surface area contributed by atoms with Gasteiger partial charge in [0, 0.05) is 24.0 Å². The fraction of sp³-hybridized carbons (Fsp3) is 0.167. The number of nitrogens with one attached hydrogen (secondary N) is 3. The minimum atomic E-state index is -0.782. The molecule has 6 nitrogen and oxygen atoms in total. The van der Waals surface area contributed by atoms with E-state index in [1.54, 1.807) is 30.3 Å². The summed E-state index contributed by atoms with van der Waals surface area (Å²) in [4.78, 5) is 35.1. The average molecular weight is 325 g/mol. The molecule has 0 radical (unpaired) electrons. The van der Waals surface area contributed by atoms with E-state index in [2.05, 4.69) is 16.0 Å². The Morgan fingerprint density at radius 2 is 1.42 bits per heavy atom. The number of carbonyl (C=O) groups is 3. The lowest BCUT2D eigenvalue weighted by atomic mass is 10.1. The Bertz CT molecular complexity index is 800. The summed E-state index contributed by atoms with van der Waals surface area (Å²) in [5, 5.41) is 7.71. The first-order valence-corrected chi connectivity index (χ1v) is 7.42. The molecular weight excluding hydrogens is 306 g/mol. The van der Waals surface area contributed by atoms with Crippen LogP contribution in [0.1, 0.15) is 18.1 Å². The number of aryl methyl sites for hydroxylation is 2. The van der Waals surface area contributed by atoms with Gasteiger partial charge in [0.05, 0.1) is 0 Å². The molecule has 0 aliphatic heterocycles. The van der Waals surface area contributed by atoms with Crippen molar-refractivity contribution < 1.29 is 14.4 Å². The fourth-order valence-electron chi connectivity index (χ4n) is 2.12. The van der Waals surface area contributed by atoms with E-state index >= 15 is 0 Å². The molecule has 2 aromatic rings. The third kappa shape index (κ3) is 4.67. The highest BCUT2D eigenvalue weighted by Crippen LogP contribution is 2.17. The Hall–Kier alpha value is -3.15. The zero-order valence-corrected chi connectivity index (χ0v) is 13.8. The molecule has 24 heavy (non-hydrogen) atoms. The number of anilines is 3. The van der Waals surface area contributed by atoms with Crippen molar-refractivity contribution in [2.45, 2.75) is 20.8 Å². The Labute approximate surface area is 140 Å². The van der Waals surface area contributed by atoms with Crippen LogP contribution in [0.5, 0.6) is 0 Å². The molecule has 0 spiro atoms. The first-order chi connectivity index (χ1) is 11.3. The van der Waals surface area contributed by atoms with Crippen LogP contribution in [-0.4, -0.2) is 17.7 Å². The molecule has 6 heteroatoms. The standard InChI is InChI=1S/C18H19N3O3/c1-11-7-8-12(2)16(9-11)21-18(24)17(23)20-15-6-4-5-14(10-15)19-13(3)22/h4-10H,1-3H3,(H,19,22)(H,20,23)(H,21,24). The van der Waals surface area contributed by atoms with Crippen LogP contribution in [-0.2, 0) is 14.4 Å². The van der Waals surface area contributed by atoms with Crippen molar-refractivity contribution in [2.75, 3.05) is 16.0 Å². The summed E-state index contributed by atoms with van der Waals surface area (Å²) in [6.45, 7) is 5.15. The highest BCUT2D eigenvalue weighted by molar-refractivity contribution is 6.43. The van der Waals surface area contributed by atoms with Crippen LogP contribution in [0.15, 0.2) is 42.5 Å². The van der Waals surface area contributed by atoms with Gasteiger partial charge in [0.25, 0.3) is 0 Å². The second kappa shape index (κ2) is 7.41. The van der Waals surface area contributed by atoms with Gasteiger partial charge < -0.3 is 16.0 Å². The molecule has 0 aliphatic carbocycles. The van der Waals surface area contributed by atoms with Crippen LogP contribution in [0.2, 0.25) is 0 Å². The molecule has 0 saturated heterocycles. The zero-order chi connectivity index (χ0) is 17.7. The Balaban J connectivity index is 2.05. The van der Waals surface area contributed by atoms with Gasteiger partial charge in [-0.25, -0.2) is 0 Å². The molecule has 0 unspecified atom stereocenters. The summed E-state index contributed by atoms with van der Waals surface area (Å²) in [6.07, 6.45) is 0. The van der Waals surface area contributed by atoms with Crippen molar-refractivity contribution in [2.24, 2.45) is 0 Å². The number of amides is 3. The number of carbonyl (C=O) groups excluding carboxylic acids is 3. The maximum absolute atomic E-state index is 12.1. The predicted octanol–water partition coefficient (Wildman–Crippen LogP) is 2.84. The molecule has 124 valence electrons. The second-order valence-corrected chi connectivity index (χ2v) is 5.49. The van der Waals surface area contributed by atoms with E-state index < -0.39 is 11.8 Å². The Morgan fingerprint density at radius 1 is 0.792 bits per heavy atom. The molecule has 3 N–H and O–H groups in total. The summed E-state index contributed by atoms with van der Waals surface area (Å²) in [7, 11) is 0. The molecule has 2 aromatic carbocycles. The minimum absolute atomic E-state index is 0.217. The van der Waals surface area contributed by atoms with Crippen LogP contribution in [0, 0.1) is 13.8 Å². The molecule has 2 rings (SSSR count). The average Bonchev–Trinajstić information content (AvgIpc) is 2.50. The van der Waals surface area contributed by atoms with Crippen molar-refractivity contribution in [3.63, 3.8) is 0 Å². The van der Waals surface area contributed by atoms with E-state index in [9.17, 15) is 14.4 Å². The zero-order valence-electron chi connectivity index (χ0n) is 13.8. The van der Waals surface area contributed by atoms with Crippen LogP contribution >= 0.6 is 0 Å². The predicted molar refractivity (Wildman–Crippen MR) is 93.9 cm³/mol. The van der Waals surface area contributed by atoms with Crippen molar-refractivity contribution in [1.82, 2.24) is 0 Å². The van der Waals surface area contributed by atoms with Crippen molar-refractivity contribution in [3.8, 4) is 0 Å². The summed E-state index contributed by atoms with van der Waals surface area (Å²) >= 11 is 0. The van der Waals surface area contributed by atoms with E-state index in [1.807, 2.05) is 26.0 Å². The van der Waals surface area contributed by atoms with Gasteiger partial charge in [0.2, 0.25) is 5.91 Å². The van der Waals surface area contributed by atoms with Gasteiger partial charge in [-0.1, -0.05) is 18.2 Å². The van der Waals surface area contributed by atoms with Gasteiger partial charge in [-0.3, -0.25) is 14.4 Å². The van der Waals surface area contributed by atoms with E-state index in [0.29, 0.717) is 17.1 Å². The topological polar surface area (TPSA) is 87.3 Å². The number of benzene rings is 2. The lowest BCUT2D eigenvalue weighted by molar-refractivity contribution is -0.133. The molecule has 0 atom stereocenters. The first kappa shape index (κ1) is 17.2. The number of hydrogen-bond acceptors (Lipinski definition) is 3. The fourth-order valence-corrected chi connectivity index (χ4v) is 2.12. The van der Waals surface area contributed by atoms with Gasteiger partial charge >= 0.3 is 11.8 Å². The summed E-state index contributed by atoms with van der Waals surface area (Å²) in [6, 6.07) is 12.2. The quantitative estimate of drug-likeness (QED) is 0.758. The van der Waals surface area contributed by atoms with Crippen molar-refractivity contribution in [3.05, 3.63) is 53.6 Å². The maximum atomic E-state index is 12.1. The van der Waals surface area contributed by atoms with Gasteiger partial charge in [0.15, 0.2) is 0 Å². The molecule has 0 heterocycles. The van der Waals surface area contributed by atoms with E-state index in [1.165, 1.54) is 6.92 Å². The second-order valence-electron chi connectivity index (χ2n) is 5.49. The Morgan fingerprint density at radius 3 is 2.08 bits per heavy atom. The molecule has 0 aromatic heterocycles. The van der Waals surface area contributed by atoms with Gasteiger partial charge in [-0.05, 0) is 49.2 Å². The maximum Gasteiger partial charge on any atom is 0.314 e. The lowest BCUT2D eigenvalue weighted by Gasteiger charge is -2.10. The van der Waals surface area contributed by atoms with E-state index in [4.69, 9.17) is 0 Å². The van der Waals surface area contributed by atoms with Crippen molar-refractivity contribution >= 4 is 34.8 Å². The van der Waals surface area contributed by atoms with E-state index in [-0.39, 0.29) is 5.91 Å². The van der Waals surface area contributed by atoms with Crippen LogP contribution < -0.4 is 16.0 Å². The summed E-state index contributed by atoms with van der Waals surface area (Å²) in [5.74, 6) is -1.75. The van der Waals surface area contributed by atoms with Gasteiger partial charge in [0.1, 0.15) is 0 Å². The highest BCUT2D eigenvalue weighted by atomic mass is 16.2. The van der Waals surface area contributed by atoms with Crippen LogP contribution in [0.25, 0.3) is 0 Å². The smallest absolute Gasteiger partial charge is 0.314 e. The molecule has 0 bridgehead atoms. The van der Waals surface area contributed by atoms with E-state index in [0.717, 1.165) is 11.1 Å². The molecular formula is C18H19N3O3. The SMILES string of the molecule is CC(=O)Nc1cccc(NC(=O)C(=O)Nc2cc(C)ccc2C)c1. The molecule has 3 amide bonds.